The van der Waals surface area contributed by atoms with E-state index in [0.29, 0.717) is 5.56 Å². The molecule has 0 aliphatic carbocycles. The van der Waals surface area contributed by atoms with Crippen molar-refractivity contribution in [3.8, 4) is 11.1 Å². The highest BCUT2D eigenvalue weighted by Gasteiger charge is 2.08. The molecule has 2 aromatic rings. The van der Waals surface area contributed by atoms with Gasteiger partial charge in [0.25, 0.3) is 5.91 Å². The van der Waals surface area contributed by atoms with E-state index in [0.717, 1.165) is 11.1 Å². The van der Waals surface area contributed by atoms with Gasteiger partial charge in [-0.25, -0.2) is 0 Å². The van der Waals surface area contributed by atoms with Gasteiger partial charge in [0.1, 0.15) is 0 Å². The van der Waals surface area contributed by atoms with E-state index in [1.54, 1.807) is 31.4 Å². The van der Waals surface area contributed by atoms with Crippen LogP contribution in [0.15, 0.2) is 48.8 Å². The van der Waals surface area contributed by atoms with Gasteiger partial charge in [-0.1, -0.05) is 12.1 Å². The van der Waals surface area contributed by atoms with E-state index < -0.39 is 0 Å². The summed E-state index contributed by atoms with van der Waals surface area (Å²) in [4.78, 5) is 17.4. The van der Waals surface area contributed by atoms with Crippen LogP contribution in [0, 0.1) is 0 Å². The maximum Gasteiger partial charge on any atom is 0.253 e. The number of hydrogen-bond donors (Lipinski definition) is 0. The Bertz CT molecular complexity index is 521. The van der Waals surface area contributed by atoms with Crippen molar-refractivity contribution in [2.75, 3.05) is 14.1 Å². The number of carbonyl (C=O) groups excluding carboxylic acids is 1. The Kier molecular flexibility index (Phi) is 3.19. The van der Waals surface area contributed by atoms with Gasteiger partial charge in [0, 0.05) is 32.1 Å². The highest BCUT2D eigenvalue weighted by Crippen LogP contribution is 2.19. The molecule has 0 fully saturated rings. The molecule has 0 unspecified atom stereocenters. The predicted octanol–water partition coefficient (Wildman–Crippen LogP) is 2.45. The lowest BCUT2D eigenvalue weighted by molar-refractivity contribution is 0.0827. The van der Waals surface area contributed by atoms with Crippen LogP contribution in [0.25, 0.3) is 11.1 Å². The molecule has 0 N–H and O–H groups in total. The number of amides is 1. The second-order valence-corrected chi connectivity index (χ2v) is 4.02. The van der Waals surface area contributed by atoms with Gasteiger partial charge >= 0.3 is 0 Å². The van der Waals surface area contributed by atoms with Crippen LogP contribution in [0.4, 0.5) is 0 Å². The van der Waals surface area contributed by atoms with Crippen molar-refractivity contribution in [1.29, 1.82) is 0 Å². The van der Waals surface area contributed by atoms with Crippen molar-refractivity contribution in [2.24, 2.45) is 0 Å². The minimum Gasteiger partial charge on any atom is -0.345 e. The normalized spacial score (nSPS) is 10.0. The Hall–Kier alpha value is -2.16. The summed E-state index contributed by atoms with van der Waals surface area (Å²) in [5, 5.41) is 0. The van der Waals surface area contributed by atoms with Gasteiger partial charge in [0.2, 0.25) is 0 Å². The lowest BCUT2D eigenvalue weighted by Gasteiger charge is -2.11. The third-order valence-corrected chi connectivity index (χ3v) is 2.53. The molecule has 0 bridgehead atoms. The number of carbonyl (C=O) groups is 1. The van der Waals surface area contributed by atoms with Crippen molar-refractivity contribution in [2.45, 2.75) is 0 Å². The minimum absolute atomic E-state index is 0.0147. The van der Waals surface area contributed by atoms with E-state index in [9.17, 15) is 4.79 Å². The van der Waals surface area contributed by atoms with Crippen molar-refractivity contribution >= 4 is 5.91 Å². The molecule has 0 aliphatic heterocycles. The molecule has 0 saturated carbocycles. The molecule has 0 radical (unpaired) electrons. The third kappa shape index (κ3) is 2.50. The number of benzene rings is 1. The number of pyridine rings is 1. The molecule has 3 heteroatoms. The summed E-state index contributed by atoms with van der Waals surface area (Å²) in [6.45, 7) is 0. The zero-order valence-electron chi connectivity index (χ0n) is 9.92. The number of aromatic nitrogens is 1. The molecule has 0 atom stereocenters. The summed E-state index contributed by atoms with van der Waals surface area (Å²) in [5.41, 5.74) is 2.79. The molecule has 1 aromatic heterocycles. The topological polar surface area (TPSA) is 33.2 Å². The van der Waals surface area contributed by atoms with Crippen LogP contribution in [0.2, 0.25) is 0 Å². The van der Waals surface area contributed by atoms with Crippen LogP contribution in [0.5, 0.6) is 0 Å². The van der Waals surface area contributed by atoms with Crippen LogP contribution in [-0.4, -0.2) is 29.9 Å². The maximum absolute atomic E-state index is 11.8. The Morgan fingerprint density at radius 2 is 1.76 bits per heavy atom. The monoisotopic (exact) mass is 226 g/mol. The van der Waals surface area contributed by atoms with Gasteiger partial charge in [-0.3, -0.25) is 9.78 Å². The van der Waals surface area contributed by atoms with Gasteiger partial charge in [0.15, 0.2) is 0 Å². The Balaban J connectivity index is 2.39. The first kappa shape index (κ1) is 11.3. The lowest BCUT2D eigenvalue weighted by atomic mass is 10.0. The molecule has 0 aliphatic rings. The van der Waals surface area contributed by atoms with Crippen LogP contribution in [0.3, 0.4) is 0 Å². The zero-order chi connectivity index (χ0) is 12.3. The molecule has 86 valence electrons. The SMILES string of the molecule is CN(C)C(=O)c1cccc(-c2ccncc2)c1. The standard InChI is InChI=1S/C14H14N2O/c1-16(2)14(17)13-5-3-4-12(10-13)11-6-8-15-9-7-11/h3-10H,1-2H3. The summed E-state index contributed by atoms with van der Waals surface area (Å²) in [5.74, 6) is 0.0147. The van der Waals surface area contributed by atoms with Crippen LogP contribution in [0.1, 0.15) is 10.4 Å². The fraction of sp³-hybridized carbons (Fsp3) is 0.143. The second-order valence-electron chi connectivity index (χ2n) is 4.02. The van der Waals surface area contributed by atoms with Crippen LogP contribution < -0.4 is 0 Å². The minimum atomic E-state index is 0.0147. The molecule has 2 rings (SSSR count). The predicted molar refractivity (Wildman–Crippen MR) is 67.7 cm³/mol. The summed E-state index contributed by atoms with van der Waals surface area (Å²) in [7, 11) is 3.50. The summed E-state index contributed by atoms with van der Waals surface area (Å²) >= 11 is 0. The second kappa shape index (κ2) is 4.78. The fourth-order valence-electron chi connectivity index (χ4n) is 1.63. The molecular weight excluding hydrogens is 212 g/mol. The van der Waals surface area contributed by atoms with E-state index in [4.69, 9.17) is 0 Å². The quantitative estimate of drug-likeness (QED) is 0.788. The Morgan fingerprint density at radius 3 is 2.41 bits per heavy atom. The maximum atomic E-state index is 11.8. The lowest BCUT2D eigenvalue weighted by Crippen LogP contribution is -2.21. The molecular formula is C14H14N2O. The van der Waals surface area contributed by atoms with Gasteiger partial charge < -0.3 is 4.90 Å². The smallest absolute Gasteiger partial charge is 0.253 e. The first-order valence-electron chi connectivity index (χ1n) is 5.40. The van der Waals surface area contributed by atoms with Crippen molar-refractivity contribution in [3.05, 3.63) is 54.4 Å². The molecule has 3 nitrogen and oxygen atoms in total. The van der Waals surface area contributed by atoms with Gasteiger partial charge in [-0.15, -0.1) is 0 Å². The van der Waals surface area contributed by atoms with Crippen molar-refractivity contribution in [1.82, 2.24) is 9.88 Å². The average Bonchev–Trinajstić information content (AvgIpc) is 2.39. The largest absolute Gasteiger partial charge is 0.345 e. The van der Waals surface area contributed by atoms with E-state index in [1.807, 2.05) is 36.4 Å². The first-order chi connectivity index (χ1) is 8.18. The fourth-order valence-corrected chi connectivity index (χ4v) is 1.63. The zero-order valence-corrected chi connectivity index (χ0v) is 9.92. The number of rotatable bonds is 2. The summed E-state index contributed by atoms with van der Waals surface area (Å²) in [6, 6.07) is 11.5. The summed E-state index contributed by atoms with van der Waals surface area (Å²) < 4.78 is 0. The molecule has 17 heavy (non-hydrogen) atoms. The molecule has 1 amide bonds. The van der Waals surface area contributed by atoms with Gasteiger partial charge in [-0.2, -0.15) is 0 Å². The molecule has 1 aromatic carbocycles. The number of hydrogen-bond acceptors (Lipinski definition) is 2. The summed E-state index contributed by atoms with van der Waals surface area (Å²) in [6.07, 6.45) is 3.49. The van der Waals surface area contributed by atoms with Gasteiger partial charge in [0.05, 0.1) is 0 Å². The highest BCUT2D eigenvalue weighted by atomic mass is 16.2. The Morgan fingerprint density at radius 1 is 1.06 bits per heavy atom. The molecule has 0 saturated heterocycles. The highest BCUT2D eigenvalue weighted by molar-refractivity contribution is 5.95. The van der Waals surface area contributed by atoms with Crippen molar-refractivity contribution in [3.63, 3.8) is 0 Å². The average molecular weight is 226 g/mol. The van der Waals surface area contributed by atoms with Crippen LogP contribution in [-0.2, 0) is 0 Å². The van der Waals surface area contributed by atoms with E-state index in [1.165, 1.54) is 0 Å². The third-order valence-electron chi connectivity index (χ3n) is 2.53. The van der Waals surface area contributed by atoms with E-state index >= 15 is 0 Å². The molecule has 0 spiro atoms. The Labute approximate surface area is 101 Å². The van der Waals surface area contributed by atoms with E-state index in [2.05, 4.69) is 4.98 Å². The first-order valence-corrected chi connectivity index (χ1v) is 5.40. The van der Waals surface area contributed by atoms with Crippen molar-refractivity contribution < 1.29 is 4.79 Å². The van der Waals surface area contributed by atoms with Crippen LogP contribution >= 0.6 is 0 Å². The van der Waals surface area contributed by atoms with E-state index in [-0.39, 0.29) is 5.91 Å². The van der Waals surface area contributed by atoms with Gasteiger partial charge in [-0.05, 0) is 35.4 Å². The molecule has 1 heterocycles. The number of nitrogens with zero attached hydrogens (tertiary/aromatic N) is 2.